The molecular formula is C21H27BrN2O4S. The molecular weight excluding hydrogens is 456 g/mol. The average molecular weight is 483 g/mol. The van der Waals surface area contributed by atoms with Crippen molar-refractivity contribution in [2.45, 2.75) is 26.3 Å². The van der Waals surface area contributed by atoms with Crippen molar-refractivity contribution in [3.8, 4) is 5.75 Å². The number of anilines is 1. The molecule has 0 aliphatic rings. The number of sulfonamides is 1. The number of carbonyl (C=O) groups excluding carboxylic acids is 1. The minimum absolute atomic E-state index is 0.228. The highest BCUT2D eigenvalue weighted by Crippen LogP contribution is 2.28. The predicted molar refractivity (Wildman–Crippen MR) is 120 cm³/mol. The van der Waals surface area contributed by atoms with E-state index in [9.17, 15) is 13.2 Å². The first-order chi connectivity index (χ1) is 13.6. The van der Waals surface area contributed by atoms with Gasteiger partial charge in [0.15, 0.2) is 0 Å². The van der Waals surface area contributed by atoms with E-state index in [4.69, 9.17) is 4.74 Å². The van der Waals surface area contributed by atoms with Crippen LogP contribution in [0.1, 0.15) is 31.9 Å². The van der Waals surface area contributed by atoms with Gasteiger partial charge in [0.05, 0.1) is 25.1 Å². The van der Waals surface area contributed by atoms with Crippen LogP contribution in [0.5, 0.6) is 5.75 Å². The predicted octanol–water partition coefficient (Wildman–Crippen LogP) is 4.13. The topological polar surface area (TPSA) is 75.7 Å². The molecule has 0 unspecified atom stereocenters. The van der Waals surface area contributed by atoms with E-state index in [-0.39, 0.29) is 18.5 Å². The van der Waals surface area contributed by atoms with Crippen molar-refractivity contribution >= 4 is 37.5 Å². The number of halogens is 1. The summed E-state index contributed by atoms with van der Waals surface area (Å²) in [6.07, 6.45) is 1.82. The largest absolute Gasteiger partial charge is 0.497 e. The smallest absolute Gasteiger partial charge is 0.241 e. The number of methoxy groups -OCH3 is 1. The number of ether oxygens (including phenoxy) is 1. The van der Waals surface area contributed by atoms with E-state index in [1.165, 1.54) is 0 Å². The second kappa shape index (κ2) is 10.1. The molecule has 8 heteroatoms. The quantitative estimate of drug-likeness (QED) is 0.582. The molecule has 0 saturated carbocycles. The molecule has 0 fully saturated rings. The Hall–Kier alpha value is -2.06. The summed E-state index contributed by atoms with van der Waals surface area (Å²) in [7, 11) is -2.04. The van der Waals surface area contributed by atoms with Crippen LogP contribution in [0.25, 0.3) is 0 Å². The maximum absolute atomic E-state index is 12.8. The van der Waals surface area contributed by atoms with Crippen LogP contribution in [0.2, 0.25) is 0 Å². The Labute approximate surface area is 181 Å². The number of amides is 1. The number of rotatable bonds is 9. The Morgan fingerprint density at radius 2 is 1.76 bits per heavy atom. The fourth-order valence-corrected chi connectivity index (χ4v) is 4.48. The lowest BCUT2D eigenvalue weighted by Crippen LogP contribution is -2.42. The summed E-state index contributed by atoms with van der Waals surface area (Å²) in [6, 6.07) is 14.2. The number of carbonyl (C=O) groups is 1. The van der Waals surface area contributed by atoms with Gasteiger partial charge in [-0.2, -0.15) is 0 Å². The van der Waals surface area contributed by atoms with Crippen LogP contribution in [0.3, 0.4) is 0 Å². The molecule has 0 aliphatic carbocycles. The molecule has 2 aromatic carbocycles. The zero-order chi connectivity index (χ0) is 21.6. The van der Waals surface area contributed by atoms with Crippen LogP contribution in [0.4, 0.5) is 5.69 Å². The van der Waals surface area contributed by atoms with Gasteiger partial charge in [-0.3, -0.25) is 9.10 Å². The van der Waals surface area contributed by atoms with Crippen molar-refractivity contribution in [3.63, 3.8) is 0 Å². The lowest BCUT2D eigenvalue weighted by molar-refractivity contribution is -0.120. The second-order valence-electron chi connectivity index (χ2n) is 7.24. The normalized spacial score (nSPS) is 12.5. The highest BCUT2D eigenvalue weighted by Gasteiger charge is 2.24. The number of benzene rings is 2. The maximum atomic E-state index is 12.8. The fourth-order valence-electron chi connectivity index (χ4n) is 2.99. The minimum Gasteiger partial charge on any atom is -0.497 e. The molecule has 0 aliphatic heterocycles. The van der Waals surface area contributed by atoms with Crippen molar-refractivity contribution in [2.24, 2.45) is 5.92 Å². The van der Waals surface area contributed by atoms with Crippen molar-refractivity contribution in [1.82, 2.24) is 5.32 Å². The van der Waals surface area contributed by atoms with Gasteiger partial charge < -0.3 is 10.1 Å². The Bertz CT molecular complexity index is 930. The van der Waals surface area contributed by atoms with Crippen LogP contribution in [-0.4, -0.2) is 34.2 Å². The third-order valence-corrected chi connectivity index (χ3v) is 6.17. The van der Waals surface area contributed by atoms with Gasteiger partial charge in [0.2, 0.25) is 15.9 Å². The summed E-state index contributed by atoms with van der Waals surface area (Å²) >= 11 is 3.36. The van der Waals surface area contributed by atoms with Gasteiger partial charge >= 0.3 is 0 Å². The van der Waals surface area contributed by atoms with Crippen molar-refractivity contribution < 1.29 is 17.9 Å². The molecule has 0 aromatic heterocycles. The molecule has 1 N–H and O–H groups in total. The SMILES string of the molecule is COc1ccc([C@H](CC(C)C)NC(=O)CN(c2ccccc2Br)S(C)(=O)=O)cc1. The Morgan fingerprint density at radius 1 is 1.14 bits per heavy atom. The lowest BCUT2D eigenvalue weighted by Gasteiger charge is -2.26. The summed E-state index contributed by atoms with van der Waals surface area (Å²) in [5.74, 6) is 0.713. The average Bonchev–Trinajstić information content (AvgIpc) is 2.65. The van der Waals surface area contributed by atoms with Crippen molar-refractivity contribution in [3.05, 3.63) is 58.6 Å². The summed E-state index contributed by atoms with van der Waals surface area (Å²) in [5, 5.41) is 2.99. The van der Waals surface area contributed by atoms with Crippen LogP contribution >= 0.6 is 15.9 Å². The van der Waals surface area contributed by atoms with Crippen LogP contribution in [0.15, 0.2) is 53.0 Å². The Balaban J connectivity index is 2.23. The third kappa shape index (κ3) is 6.75. The number of nitrogens with one attached hydrogen (secondary N) is 1. The van der Waals surface area contributed by atoms with Gasteiger partial charge in [-0.15, -0.1) is 0 Å². The van der Waals surface area contributed by atoms with Gasteiger partial charge in [-0.1, -0.05) is 38.1 Å². The molecule has 2 aromatic rings. The maximum Gasteiger partial charge on any atom is 0.241 e. The van der Waals surface area contributed by atoms with E-state index in [1.54, 1.807) is 31.4 Å². The molecule has 0 radical (unpaired) electrons. The molecule has 0 heterocycles. The fraction of sp³-hybridized carbons (Fsp3) is 0.381. The van der Waals surface area contributed by atoms with E-state index in [2.05, 4.69) is 35.1 Å². The molecule has 1 amide bonds. The van der Waals surface area contributed by atoms with Crippen LogP contribution in [0, 0.1) is 5.92 Å². The van der Waals surface area contributed by atoms with Crippen molar-refractivity contribution in [2.75, 3.05) is 24.2 Å². The van der Waals surface area contributed by atoms with E-state index < -0.39 is 10.0 Å². The highest BCUT2D eigenvalue weighted by atomic mass is 79.9. The third-order valence-electron chi connectivity index (χ3n) is 4.37. The van der Waals surface area contributed by atoms with Gasteiger partial charge in [-0.25, -0.2) is 8.42 Å². The Morgan fingerprint density at radius 3 is 2.28 bits per heavy atom. The molecule has 0 saturated heterocycles. The molecule has 6 nitrogen and oxygen atoms in total. The zero-order valence-electron chi connectivity index (χ0n) is 17.1. The highest BCUT2D eigenvalue weighted by molar-refractivity contribution is 9.10. The first-order valence-electron chi connectivity index (χ1n) is 9.27. The van der Waals surface area contributed by atoms with Gasteiger partial charge in [0, 0.05) is 4.47 Å². The van der Waals surface area contributed by atoms with E-state index in [0.717, 1.165) is 28.3 Å². The molecule has 2 rings (SSSR count). The van der Waals surface area contributed by atoms with Crippen LogP contribution in [-0.2, 0) is 14.8 Å². The lowest BCUT2D eigenvalue weighted by atomic mass is 9.97. The summed E-state index contributed by atoms with van der Waals surface area (Å²) in [5.41, 5.74) is 1.37. The second-order valence-corrected chi connectivity index (χ2v) is 10.0. The van der Waals surface area contributed by atoms with E-state index in [0.29, 0.717) is 16.1 Å². The number of hydrogen-bond acceptors (Lipinski definition) is 4. The van der Waals surface area contributed by atoms with Crippen LogP contribution < -0.4 is 14.4 Å². The summed E-state index contributed by atoms with van der Waals surface area (Å²) in [6.45, 7) is 3.85. The Kier molecular flexibility index (Phi) is 8.10. The zero-order valence-corrected chi connectivity index (χ0v) is 19.5. The van der Waals surface area contributed by atoms with Gasteiger partial charge in [0.25, 0.3) is 0 Å². The number of para-hydroxylation sites is 1. The first-order valence-corrected chi connectivity index (χ1v) is 11.9. The number of nitrogens with zero attached hydrogens (tertiary/aromatic N) is 1. The number of hydrogen-bond donors (Lipinski definition) is 1. The van der Waals surface area contributed by atoms with Gasteiger partial charge in [-0.05, 0) is 58.1 Å². The van der Waals surface area contributed by atoms with E-state index in [1.807, 2.05) is 24.3 Å². The van der Waals surface area contributed by atoms with Crippen molar-refractivity contribution in [1.29, 1.82) is 0 Å². The summed E-state index contributed by atoms with van der Waals surface area (Å²) in [4.78, 5) is 12.8. The minimum atomic E-state index is -3.64. The monoisotopic (exact) mass is 482 g/mol. The molecule has 1 atom stereocenters. The molecule has 0 bridgehead atoms. The standard InChI is InChI=1S/C21H27BrN2O4S/c1-15(2)13-19(16-9-11-17(28-3)12-10-16)23-21(25)14-24(29(4,26)27)20-8-6-5-7-18(20)22/h5-12,15,19H,13-14H2,1-4H3,(H,23,25)/t19-/m0/s1. The molecule has 0 spiro atoms. The first kappa shape index (κ1) is 23.2. The van der Waals surface area contributed by atoms with Gasteiger partial charge in [0.1, 0.15) is 12.3 Å². The van der Waals surface area contributed by atoms with E-state index >= 15 is 0 Å². The molecule has 158 valence electrons. The molecule has 29 heavy (non-hydrogen) atoms. The summed E-state index contributed by atoms with van der Waals surface area (Å²) < 4.78 is 31.6.